The molecule has 0 spiro atoms. The number of primary amides is 1. The van der Waals surface area contributed by atoms with Crippen molar-refractivity contribution in [2.24, 2.45) is 5.73 Å². The molecule has 0 aromatic carbocycles. The molecule has 1 amide bonds. The van der Waals surface area contributed by atoms with Crippen molar-refractivity contribution < 1.29 is 4.79 Å². The molecule has 1 aromatic heterocycles. The Hall–Kier alpha value is -1.58. The van der Waals surface area contributed by atoms with Gasteiger partial charge >= 0.3 is 0 Å². The predicted molar refractivity (Wildman–Crippen MR) is 47.6 cm³/mol. The Balaban J connectivity index is 2.48. The first-order chi connectivity index (χ1) is 6.18. The largest absolute Gasteiger partial charge is 0.366 e. The molecule has 2 rings (SSSR count). The first kappa shape index (κ1) is 8.04. The fraction of sp³-hybridized carbons (Fsp3) is 0.333. The van der Waals surface area contributed by atoms with Crippen molar-refractivity contribution in [3.8, 4) is 0 Å². The van der Waals surface area contributed by atoms with Gasteiger partial charge in [0.25, 0.3) is 5.56 Å². The number of aromatic nitrogens is 1. The van der Waals surface area contributed by atoms with Crippen LogP contribution in [0.1, 0.15) is 34.7 Å². The van der Waals surface area contributed by atoms with Gasteiger partial charge in [0.2, 0.25) is 5.91 Å². The highest BCUT2D eigenvalue weighted by atomic mass is 16.1. The third-order valence-corrected chi connectivity index (χ3v) is 2.23. The van der Waals surface area contributed by atoms with Crippen LogP contribution in [0.3, 0.4) is 0 Å². The molecule has 0 aliphatic heterocycles. The van der Waals surface area contributed by atoms with Gasteiger partial charge in [-0.3, -0.25) is 9.59 Å². The first-order valence-electron chi connectivity index (χ1n) is 4.21. The lowest BCUT2D eigenvalue weighted by molar-refractivity contribution is 0.1000. The molecule has 4 nitrogen and oxygen atoms in total. The maximum Gasteiger partial charge on any atom is 0.251 e. The van der Waals surface area contributed by atoms with Gasteiger partial charge in [-0.2, -0.15) is 0 Å². The van der Waals surface area contributed by atoms with E-state index in [4.69, 9.17) is 5.73 Å². The summed E-state index contributed by atoms with van der Waals surface area (Å²) < 4.78 is 0. The number of H-pyrrole nitrogens is 1. The van der Waals surface area contributed by atoms with E-state index in [0.29, 0.717) is 17.0 Å². The standard InChI is InChI=1S/C9H10N2O2/c10-8(12)6-3-7(5-1-2-5)9(13)11-4-6/h3-5H,1-2H2,(H2,10,12)(H,11,13). The molecule has 1 fully saturated rings. The van der Waals surface area contributed by atoms with Crippen LogP contribution in [0.2, 0.25) is 0 Å². The Morgan fingerprint density at radius 3 is 2.77 bits per heavy atom. The van der Waals surface area contributed by atoms with Crippen molar-refractivity contribution in [3.63, 3.8) is 0 Å². The summed E-state index contributed by atoms with van der Waals surface area (Å²) >= 11 is 0. The van der Waals surface area contributed by atoms with Gasteiger partial charge in [-0.25, -0.2) is 0 Å². The number of hydrogen-bond donors (Lipinski definition) is 2. The van der Waals surface area contributed by atoms with Crippen LogP contribution in [0, 0.1) is 0 Å². The summed E-state index contributed by atoms with van der Waals surface area (Å²) in [7, 11) is 0. The van der Waals surface area contributed by atoms with E-state index in [9.17, 15) is 9.59 Å². The Morgan fingerprint density at radius 2 is 2.23 bits per heavy atom. The minimum Gasteiger partial charge on any atom is -0.366 e. The third kappa shape index (κ3) is 1.47. The zero-order valence-corrected chi connectivity index (χ0v) is 7.04. The van der Waals surface area contributed by atoms with Gasteiger partial charge in [-0.05, 0) is 24.8 Å². The number of nitrogens with one attached hydrogen (secondary N) is 1. The van der Waals surface area contributed by atoms with E-state index < -0.39 is 5.91 Å². The number of carbonyl (C=O) groups excluding carboxylic acids is 1. The van der Waals surface area contributed by atoms with Gasteiger partial charge in [0.15, 0.2) is 0 Å². The van der Waals surface area contributed by atoms with E-state index in [0.717, 1.165) is 12.8 Å². The number of nitrogens with two attached hydrogens (primary N) is 1. The minimum atomic E-state index is -0.502. The van der Waals surface area contributed by atoms with Crippen molar-refractivity contribution >= 4 is 5.91 Å². The van der Waals surface area contributed by atoms with Gasteiger partial charge in [0.05, 0.1) is 5.56 Å². The topological polar surface area (TPSA) is 76.0 Å². The lowest BCUT2D eigenvalue weighted by atomic mass is 10.1. The molecule has 0 saturated heterocycles. The maximum absolute atomic E-state index is 11.3. The summed E-state index contributed by atoms with van der Waals surface area (Å²) in [4.78, 5) is 24.6. The Morgan fingerprint density at radius 1 is 1.54 bits per heavy atom. The Kier molecular flexibility index (Phi) is 1.69. The van der Waals surface area contributed by atoms with Crippen molar-refractivity contribution in [2.75, 3.05) is 0 Å². The second kappa shape index (κ2) is 2.73. The zero-order chi connectivity index (χ0) is 9.42. The van der Waals surface area contributed by atoms with E-state index >= 15 is 0 Å². The molecule has 0 unspecified atom stereocenters. The number of pyridine rings is 1. The van der Waals surface area contributed by atoms with E-state index in [-0.39, 0.29) is 5.56 Å². The number of hydrogen-bond acceptors (Lipinski definition) is 2. The van der Waals surface area contributed by atoms with E-state index in [1.807, 2.05) is 0 Å². The Bertz CT molecular complexity index is 404. The quantitative estimate of drug-likeness (QED) is 0.685. The molecule has 1 saturated carbocycles. The molecule has 1 aromatic rings. The van der Waals surface area contributed by atoms with Crippen LogP contribution in [-0.4, -0.2) is 10.9 Å². The average Bonchev–Trinajstić information content (AvgIpc) is 2.87. The van der Waals surface area contributed by atoms with Crippen molar-refractivity contribution in [3.05, 3.63) is 33.7 Å². The second-order valence-electron chi connectivity index (χ2n) is 3.31. The number of carbonyl (C=O) groups is 1. The fourth-order valence-corrected chi connectivity index (χ4v) is 1.34. The molecule has 13 heavy (non-hydrogen) atoms. The van der Waals surface area contributed by atoms with Crippen LogP contribution in [0.4, 0.5) is 0 Å². The molecule has 68 valence electrons. The van der Waals surface area contributed by atoms with E-state index in [2.05, 4.69) is 4.98 Å². The summed E-state index contributed by atoms with van der Waals surface area (Å²) in [6.07, 6.45) is 3.42. The molecule has 3 N–H and O–H groups in total. The molecule has 0 radical (unpaired) electrons. The summed E-state index contributed by atoms with van der Waals surface area (Å²) in [6, 6.07) is 1.60. The normalized spacial score (nSPS) is 15.7. The smallest absolute Gasteiger partial charge is 0.251 e. The van der Waals surface area contributed by atoms with Crippen LogP contribution in [0.15, 0.2) is 17.1 Å². The van der Waals surface area contributed by atoms with Crippen LogP contribution in [0.5, 0.6) is 0 Å². The zero-order valence-electron chi connectivity index (χ0n) is 7.04. The lowest BCUT2D eigenvalue weighted by Crippen LogP contribution is -2.17. The Labute approximate surface area is 74.8 Å². The van der Waals surface area contributed by atoms with Crippen LogP contribution in [-0.2, 0) is 0 Å². The fourth-order valence-electron chi connectivity index (χ4n) is 1.34. The molecular weight excluding hydrogens is 168 g/mol. The average molecular weight is 178 g/mol. The van der Waals surface area contributed by atoms with E-state index in [1.54, 1.807) is 6.07 Å². The first-order valence-corrected chi connectivity index (χ1v) is 4.21. The second-order valence-corrected chi connectivity index (χ2v) is 3.31. The predicted octanol–water partition coefficient (Wildman–Crippen LogP) is 0.351. The van der Waals surface area contributed by atoms with Gasteiger partial charge in [0, 0.05) is 11.8 Å². The molecule has 1 aliphatic rings. The van der Waals surface area contributed by atoms with Crippen LogP contribution < -0.4 is 11.3 Å². The van der Waals surface area contributed by atoms with Crippen molar-refractivity contribution in [1.29, 1.82) is 0 Å². The summed E-state index contributed by atoms with van der Waals surface area (Å²) in [5.41, 5.74) is 6.06. The van der Waals surface area contributed by atoms with Gasteiger partial charge in [-0.15, -0.1) is 0 Å². The van der Waals surface area contributed by atoms with Crippen LogP contribution >= 0.6 is 0 Å². The SMILES string of the molecule is NC(=O)c1c[nH]c(=O)c(C2CC2)c1. The molecule has 1 aliphatic carbocycles. The highest BCUT2D eigenvalue weighted by Gasteiger charge is 2.26. The molecule has 1 heterocycles. The molecule has 0 atom stereocenters. The summed E-state index contributed by atoms with van der Waals surface area (Å²) in [5.74, 6) is -0.166. The monoisotopic (exact) mass is 178 g/mol. The highest BCUT2D eigenvalue weighted by Crippen LogP contribution is 2.38. The summed E-state index contributed by atoms with van der Waals surface area (Å²) in [6.45, 7) is 0. The summed E-state index contributed by atoms with van der Waals surface area (Å²) in [5, 5.41) is 0. The number of amides is 1. The lowest BCUT2D eigenvalue weighted by Gasteiger charge is -1.98. The third-order valence-electron chi connectivity index (χ3n) is 2.23. The number of aromatic amines is 1. The number of rotatable bonds is 2. The van der Waals surface area contributed by atoms with Gasteiger partial charge in [-0.1, -0.05) is 0 Å². The van der Waals surface area contributed by atoms with Gasteiger partial charge < -0.3 is 10.7 Å². The molecular formula is C9H10N2O2. The van der Waals surface area contributed by atoms with Crippen LogP contribution in [0.25, 0.3) is 0 Å². The van der Waals surface area contributed by atoms with Crippen molar-refractivity contribution in [2.45, 2.75) is 18.8 Å². The minimum absolute atomic E-state index is 0.104. The molecule has 4 heteroatoms. The van der Waals surface area contributed by atoms with E-state index in [1.165, 1.54) is 6.20 Å². The van der Waals surface area contributed by atoms with Gasteiger partial charge in [0.1, 0.15) is 0 Å². The van der Waals surface area contributed by atoms with Crippen molar-refractivity contribution in [1.82, 2.24) is 4.98 Å². The highest BCUT2D eigenvalue weighted by molar-refractivity contribution is 5.92. The maximum atomic E-state index is 11.3. The molecule has 0 bridgehead atoms.